The molecule has 2 heterocycles. The van der Waals surface area contributed by atoms with Crippen molar-refractivity contribution in [2.75, 3.05) is 0 Å². The van der Waals surface area contributed by atoms with Crippen molar-refractivity contribution in [2.24, 2.45) is 0 Å². The van der Waals surface area contributed by atoms with E-state index in [1.165, 1.54) is 60.8 Å². The Balaban J connectivity index is 1.80. The Kier molecular flexibility index (Phi) is 6.32. The fourth-order valence-electron chi connectivity index (χ4n) is 6.07. The first-order valence-corrected chi connectivity index (χ1v) is 17.4. The first-order chi connectivity index (χ1) is 16.7. The molecule has 0 aliphatic heterocycles. The first kappa shape index (κ1) is 24.5. The van der Waals surface area contributed by atoms with Crippen molar-refractivity contribution in [1.29, 1.82) is 0 Å². The molecule has 1 nitrogen and oxygen atoms in total. The van der Waals surface area contributed by atoms with Gasteiger partial charge in [0.2, 0.25) is 0 Å². The van der Waals surface area contributed by atoms with Crippen molar-refractivity contribution in [1.82, 2.24) is 4.98 Å². The number of benzene rings is 3. The van der Waals surface area contributed by atoms with E-state index in [0.29, 0.717) is 0 Å². The summed E-state index contributed by atoms with van der Waals surface area (Å²) in [7, 11) is -1.43. The molecule has 0 fully saturated rings. The van der Waals surface area contributed by atoms with E-state index in [4.69, 9.17) is 4.98 Å². The van der Waals surface area contributed by atoms with Crippen LogP contribution in [0.25, 0.3) is 41.3 Å². The number of hydrogen-bond donors (Lipinski definition) is 0. The summed E-state index contributed by atoms with van der Waals surface area (Å²) >= 11 is 0.275. The first-order valence-electron chi connectivity index (χ1n) is 13.1. The minimum absolute atomic E-state index is 0.0710. The maximum absolute atomic E-state index is 5.01. The molecule has 0 aliphatic carbocycles. The standard InChI is InChI=1S/C32H37NSeSi/c1-8-35(9-2,10-3)28-16-15-25-26-17-18-33-29(31(26)34-30(25)21(28)4)23-19-22-13-11-12-14-24(22)27(20-23)32(5,6)7/h11-20H,8-10H2,1-7H3. The number of hydrogen-bond acceptors (Lipinski definition) is 1. The van der Waals surface area contributed by atoms with Gasteiger partial charge in [-0.15, -0.1) is 0 Å². The van der Waals surface area contributed by atoms with Crippen LogP contribution in [-0.2, 0) is 5.41 Å². The summed E-state index contributed by atoms with van der Waals surface area (Å²) in [4.78, 5) is 5.01. The van der Waals surface area contributed by atoms with E-state index in [9.17, 15) is 0 Å². The summed E-state index contributed by atoms with van der Waals surface area (Å²) in [6.07, 6.45) is 2.03. The molecule has 35 heavy (non-hydrogen) atoms. The van der Waals surface area contributed by atoms with Gasteiger partial charge in [0.25, 0.3) is 0 Å². The van der Waals surface area contributed by atoms with Crippen molar-refractivity contribution in [2.45, 2.75) is 72.0 Å². The topological polar surface area (TPSA) is 12.9 Å². The molecule has 180 valence electrons. The van der Waals surface area contributed by atoms with Crippen molar-refractivity contribution in [3.05, 3.63) is 71.9 Å². The molecule has 0 bridgehead atoms. The molecule has 0 radical (unpaired) electrons. The second kappa shape index (κ2) is 9.03. The van der Waals surface area contributed by atoms with Crippen LogP contribution in [0.3, 0.4) is 0 Å². The Morgan fingerprint density at radius 1 is 0.800 bits per heavy atom. The van der Waals surface area contributed by atoms with Gasteiger partial charge in [-0.3, -0.25) is 0 Å². The summed E-state index contributed by atoms with van der Waals surface area (Å²) in [5, 5.41) is 7.22. The molecule has 3 heteroatoms. The zero-order valence-corrected chi connectivity index (χ0v) is 25.0. The third-order valence-corrected chi connectivity index (χ3v) is 16.9. The van der Waals surface area contributed by atoms with Crippen LogP contribution < -0.4 is 5.19 Å². The maximum atomic E-state index is 5.01. The fourth-order valence-corrected chi connectivity index (χ4v) is 13.0. The third-order valence-electron chi connectivity index (χ3n) is 8.35. The molecule has 0 N–H and O–H groups in total. The second-order valence-electron chi connectivity index (χ2n) is 11.1. The Labute approximate surface area is 217 Å². The van der Waals surface area contributed by atoms with Crippen LogP contribution in [0, 0.1) is 6.92 Å². The summed E-state index contributed by atoms with van der Waals surface area (Å²) in [6.45, 7) is 16.6. The predicted octanol–water partition coefficient (Wildman–Crippen LogP) is 8.59. The average Bonchev–Trinajstić information content (AvgIpc) is 3.25. The van der Waals surface area contributed by atoms with Crippen molar-refractivity contribution >= 4 is 57.8 Å². The van der Waals surface area contributed by atoms with Gasteiger partial charge < -0.3 is 0 Å². The van der Waals surface area contributed by atoms with Crippen molar-refractivity contribution in [3.8, 4) is 11.3 Å². The van der Waals surface area contributed by atoms with Crippen LogP contribution in [0.1, 0.15) is 52.7 Å². The molecule has 2 aromatic heterocycles. The van der Waals surface area contributed by atoms with E-state index in [1.807, 2.05) is 6.20 Å². The van der Waals surface area contributed by atoms with E-state index >= 15 is 0 Å². The number of fused-ring (bicyclic) bond motifs is 4. The predicted molar refractivity (Wildman–Crippen MR) is 159 cm³/mol. The molecule has 3 aromatic carbocycles. The van der Waals surface area contributed by atoms with Gasteiger partial charge in [-0.1, -0.05) is 0 Å². The van der Waals surface area contributed by atoms with Gasteiger partial charge in [0.15, 0.2) is 0 Å². The fraction of sp³-hybridized carbons (Fsp3) is 0.344. The summed E-state index contributed by atoms with van der Waals surface area (Å²) in [5.41, 5.74) is 5.49. The molecule has 5 aromatic rings. The molecular formula is C32H37NSeSi. The van der Waals surface area contributed by atoms with Crippen LogP contribution in [0.4, 0.5) is 0 Å². The normalized spacial score (nSPS) is 12.8. The minimum atomic E-state index is -1.43. The number of rotatable bonds is 5. The Morgan fingerprint density at radius 2 is 1.49 bits per heavy atom. The van der Waals surface area contributed by atoms with Crippen molar-refractivity contribution in [3.63, 3.8) is 0 Å². The molecule has 0 atom stereocenters. The van der Waals surface area contributed by atoms with E-state index in [-0.39, 0.29) is 19.9 Å². The van der Waals surface area contributed by atoms with Crippen LogP contribution in [0.2, 0.25) is 18.1 Å². The van der Waals surface area contributed by atoms with Crippen molar-refractivity contribution < 1.29 is 0 Å². The van der Waals surface area contributed by atoms with Gasteiger partial charge in [0.1, 0.15) is 0 Å². The zero-order chi connectivity index (χ0) is 25.0. The molecule has 0 unspecified atom stereocenters. The van der Waals surface area contributed by atoms with E-state index in [2.05, 4.69) is 103 Å². The molecule has 0 saturated carbocycles. The number of aryl methyl sites for hydroxylation is 1. The van der Waals surface area contributed by atoms with Gasteiger partial charge in [0.05, 0.1) is 0 Å². The summed E-state index contributed by atoms with van der Waals surface area (Å²) in [5.74, 6) is 0. The SMILES string of the molecule is CC[Si](CC)(CC)c1ccc2c([se]c3c(-c4cc(C(C)(C)C)c5ccccc5c4)nccc32)c1C. The zero-order valence-electron chi connectivity index (χ0n) is 22.3. The molecule has 0 amide bonds. The molecular weight excluding hydrogens is 505 g/mol. The van der Waals surface area contributed by atoms with Crippen LogP contribution >= 0.6 is 0 Å². The van der Waals surface area contributed by atoms with Gasteiger partial charge in [0, 0.05) is 0 Å². The summed E-state index contributed by atoms with van der Waals surface area (Å²) < 4.78 is 3.06. The van der Waals surface area contributed by atoms with Gasteiger partial charge in [-0.25, -0.2) is 0 Å². The van der Waals surface area contributed by atoms with Gasteiger partial charge in [-0.05, 0) is 0 Å². The molecule has 0 spiro atoms. The number of pyridine rings is 1. The number of aromatic nitrogens is 1. The van der Waals surface area contributed by atoms with E-state index in [1.54, 1.807) is 15.0 Å². The molecule has 0 saturated heterocycles. The Bertz CT molecular complexity index is 1540. The van der Waals surface area contributed by atoms with Gasteiger partial charge in [-0.2, -0.15) is 0 Å². The third kappa shape index (κ3) is 3.93. The molecule has 5 rings (SSSR count). The second-order valence-corrected chi connectivity index (χ2v) is 18.5. The average molecular weight is 543 g/mol. The van der Waals surface area contributed by atoms with E-state index in [0.717, 1.165) is 0 Å². The van der Waals surface area contributed by atoms with Crippen LogP contribution in [0.15, 0.2) is 60.8 Å². The summed E-state index contributed by atoms with van der Waals surface area (Å²) in [6, 6.07) is 24.8. The Hall–Kier alpha value is -2.19. The van der Waals surface area contributed by atoms with Crippen LogP contribution in [-0.4, -0.2) is 27.6 Å². The molecule has 0 aliphatic rings. The Morgan fingerprint density at radius 3 is 2.17 bits per heavy atom. The monoisotopic (exact) mass is 543 g/mol. The van der Waals surface area contributed by atoms with Crippen LogP contribution in [0.5, 0.6) is 0 Å². The van der Waals surface area contributed by atoms with E-state index < -0.39 is 8.07 Å². The quantitative estimate of drug-likeness (QED) is 0.203. The van der Waals surface area contributed by atoms with Gasteiger partial charge >= 0.3 is 218 Å². The number of nitrogens with zero attached hydrogens (tertiary/aromatic N) is 1.